The Balaban J connectivity index is 2.57. The van der Waals surface area contributed by atoms with Crippen LogP contribution in [0.25, 0.3) is 0 Å². The van der Waals surface area contributed by atoms with Crippen LogP contribution in [-0.2, 0) is 10.4 Å². The molecule has 6 heteroatoms. The molecular formula is C5H11FN2O2S. The standard InChI is InChI=1S/C5H11FN2O2S/c6-11(9,10)8-4-1-2-7-3-5-8/h7H,1-5H2. The van der Waals surface area contributed by atoms with Gasteiger partial charge in [-0.15, -0.1) is 0 Å². The van der Waals surface area contributed by atoms with Crippen LogP contribution < -0.4 is 5.32 Å². The molecule has 0 bridgehead atoms. The van der Waals surface area contributed by atoms with Gasteiger partial charge >= 0.3 is 10.4 Å². The number of nitrogens with one attached hydrogen (secondary N) is 1. The van der Waals surface area contributed by atoms with Gasteiger partial charge in [-0.3, -0.25) is 0 Å². The summed E-state index contributed by atoms with van der Waals surface area (Å²) in [6.07, 6.45) is 0.670. The Bertz CT molecular complexity index is 209. The zero-order valence-corrected chi connectivity index (χ0v) is 6.90. The fourth-order valence-corrected chi connectivity index (χ4v) is 1.70. The molecule has 11 heavy (non-hydrogen) atoms. The molecule has 0 atom stereocenters. The lowest BCUT2D eigenvalue weighted by Crippen LogP contribution is -2.31. The third-order valence-electron chi connectivity index (χ3n) is 1.61. The lowest BCUT2D eigenvalue weighted by molar-refractivity contribution is 0.401. The van der Waals surface area contributed by atoms with Gasteiger partial charge in [-0.05, 0) is 13.0 Å². The number of rotatable bonds is 1. The predicted molar refractivity (Wildman–Crippen MR) is 39.1 cm³/mol. The molecule has 1 rings (SSSR count). The summed E-state index contributed by atoms with van der Waals surface area (Å²) in [6, 6.07) is 0. The van der Waals surface area contributed by atoms with Crippen LogP contribution in [0.3, 0.4) is 0 Å². The van der Waals surface area contributed by atoms with Gasteiger partial charge in [0.05, 0.1) is 0 Å². The van der Waals surface area contributed by atoms with Crippen LogP contribution in [0.5, 0.6) is 0 Å². The van der Waals surface area contributed by atoms with E-state index in [2.05, 4.69) is 5.32 Å². The Morgan fingerprint density at radius 3 is 2.64 bits per heavy atom. The van der Waals surface area contributed by atoms with E-state index in [1.54, 1.807) is 0 Å². The Morgan fingerprint density at radius 2 is 2.00 bits per heavy atom. The van der Waals surface area contributed by atoms with Crippen LogP contribution in [0, 0.1) is 0 Å². The van der Waals surface area contributed by atoms with E-state index in [9.17, 15) is 12.3 Å². The number of hydrogen-bond donors (Lipinski definition) is 1. The van der Waals surface area contributed by atoms with Crippen molar-refractivity contribution in [3.8, 4) is 0 Å². The quantitative estimate of drug-likeness (QED) is 0.556. The van der Waals surface area contributed by atoms with Crippen LogP contribution in [0.4, 0.5) is 3.89 Å². The fraction of sp³-hybridized carbons (Fsp3) is 1.00. The van der Waals surface area contributed by atoms with Crippen LogP contribution in [0.15, 0.2) is 0 Å². The van der Waals surface area contributed by atoms with Crippen molar-refractivity contribution in [1.82, 2.24) is 9.62 Å². The van der Waals surface area contributed by atoms with E-state index in [0.29, 0.717) is 13.0 Å². The summed E-state index contributed by atoms with van der Waals surface area (Å²) in [5.41, 5.74) is 0. The molecule has 0 saturated carbocycles. The topological polar surface area (TPSA) is 49.4 Å². The third-order valence-corrected chi connectivity index (χ3v) is 2.59. The van der Waals surface area contributed by atoms with E-state index in [4.69, 9.17) is 0 Å². The van der Waals surface area contributed by atoms with E-state index in [-0.39, 0.29) is 13.1 Å². The first-order valence-corrected chi connectivity index (χ1v) is 4.85. The molecule has 0 unspecified atom stereocenters. The van der Waals surface area contributed by atoms with Crippen LogP contribution in [0.2, 0.25) is 0 Å². The second-order valence-electron chi connectivity index (χ2n) is 2.44. The molecule has 0 aliphatic carbocycles. The summed E-state index contributed by atoms with van der Waals surface area (Å²) >= 11 is 0. The van der Waals surface area contributed by atoms with E-state index >= 15 is 0 Å². The smallest absolute Gasteiger partial charge is 0.315 e. The average Bonchev–Trinajstić information content (AvgIpc) is 2.10. The Hall–Kier alpha value is -0.200. The molecule has 66 valence electrons. The molecule has 4 nitrogen and oxygen atoms in total. The van der Waals surface area contributed by atoms with Gasteiger partial charge in [0, 0.05) is 19.6 Å². The van der Waals surface area contributed by atoms with Crippen molar-refractivity contribution in [1.29, 1.82) is 0 Å². The Kier molecular flexibility index (Phi) is 2.80. The van der Waals surface area contributed by atoms with Crippen molar-refractivity contribution in [3.63, 3.8) is 0 Å². The second kappa shape index (κ2) is 3.46. The van der Waals surface area contributed by atoms with Crippen molar-refractivity contribution in [3.05, 3.63) is 0 Å². The van der Waals surface area contributed by atoms with Crippen molar-refractivity contribution < 1.29 is 12.3 Å². The summed E-state index contributed by atoms with van der Waals surface area (Å²) in [6.45, 7) is 1.81. The number of nitrogens with zero attached hydrogens (tertiary/aromatic N) is 1. The monoisotopic (exact) mass is 182 g/mol. The SMILES string of the molecule is O=S(=O)(F)N1CCCNCC1. The molecule has 0 amide bonds. The first-order chi connectivity index (χ1) is 5.11. The van der Waals surface area contributed by atoms with Crippen molar-refractivity contribution in [2.75, 3.05) is 26.2 Å². The normalized spacial score (nSPS) is 23.0. The van der Waals surface area contributed by atoms with Crippen molar-refractivity contribution >= 4 is 10.4 Å². The minimum absolute atomic E-state index is 0.235. The van der Waals surface area contributed by atoms with Crippen molar-refractivity contribution in [2.45, 2.75) is 6.42 Å². The predicted octanol–water partition coefficient (Wildman–Crippen LogP) is -0.504. The first kappa shape index (κ1) is 8.89. The van der Waals surface area contributed by atoms with Crippen LogP contribution in [-0.4, -0.2) is 38.9 Å². The van der Waals surface area contributed by atoms with Gasteiger partial charge in [-0.2, -0.15) is 12.7 Å². The lowest BCUT2D eigenvalue weighted by atomic mass is 10.4. The zero-order valence-electron chi connectivity index (χ0n) is 6.09. The van der Waals surface area contributed by atoms with Gasteiger partial charge in [-0.1, -0.05) is 3.89 Å². The second-order valence-corrected chi connectivity index (χ2v) is 3.79. The maximum absolute atomic E-state index is 12.3. The highest BCUT2D eigenvalue weighted by Crippen LogP contribution is 2.04. The molecule has 1 N–H and O–H groups in total. The molecule has 0 aromatic carbocycles. The fourth-order valence-electron chi connectivity index (χ4n) is 1.04. The molecule has 1 fully saturated rings. The van der Waals surface area contributed by atoms with Crippen LogP contribution >= 0.6 is 0 Å². The molecule has 0 spiro atoms. The lowest BCUT2D eigenvalue weighted by Gasteiger charge is -2.12. The number of halogens is 1. The molecule has 1 heterocycles. The minimum atomic E-state index is -4.46. The average molecular weight is 182 g/mol. The summed E-state index contributed by atoms with van der Waals surface area (Å²) in [5, 5.41) is 2.98. The highest BCUT2D eigenvalue weighted by molar-refractivity contribution is 7.83. The first-order valence-electron chi connectivity index (χ1n) is 3.51. The molecule has 0 aromatic rings. The molecule has 1 aliphatic heterocycles. The maximum atomic E-state index is 12.3. The van der Waals surface area contributed by atoms with Gasteiger partial charge in [0.15, 0.2) is 0 Å². The Morgan fingerprint density at radius 1 is 1.27 bits per heavy atom. The zero-order chi connectivity index (χ0) is 8.32. The van der Waals surface area contributed by atoms with E-state index in [1.165, 1.54) is 0 Å². The Labute approximate surface area is 65.7 Å². The van der Waals surface area contributed by atoms with Gasteiger partial charge in [-0.25, -0.2) is 0 Å². The summed E-state index contributed by atoms with van der Waals surface area (Å²) in [4.78, 5) is 0. The molecule has 1 saturated heterocycles. The van der Waals surface area contributed by atoms with E-state index < -0.39 is 10.4 Å². The third kappa shape index (κ3) is 2.72. The summed E-state index contributed by atoms with van der Waals surface area (Å²) < 4.78 is 33.9. The van der Waals surface area contributed by atoms with Crippen LogP contribution in [0.1, 0.15) is 6.42 Å². The van der Waals surface area contributed by atoms with Crippen molar-refractivity contribution in [2.24, 2.45) is 0 Å². The van der Waals surface area contributed by atoms with E-state index in [1.807, 2.05) is 0 Å². The maximum Gasteiger partial charge on any atom is 0.374 e. The molecule has 0 radical (unpaired) electrons. The van der Waals surface area contributed by atoms with Gasteiger partial charge in [0.25, 0.3) is 0 Å². The van der Waals surface area contributed by atoms with Gasteiger partial charge in [0.2, 0.25) is 0 Å². The summed E-state index contributed by atoms with van der Waals surface area (Å²) in [5.74, 6) is 0. The highest BCUT2D eigenvalue weighted by atomic mass is 32.3. The number of hydrogen-bond acceptors (Lipinski definition) is 3. The molecular weight excluding hydrogens is 171 g/mol. The largest absolute Gasteiger partial charge is 0.374 e. The van der Waals surface area contributed by atoms with Gasteiger partial charge < -0.3 is 5.32 Å². The molecule has 1 aliphatic rings. The highest BCUT2D eigenvalue weighted by Gasteiger charge is 2.20. The minimum Gasteiger partial charge on any atom is -0.315 e. The van der Waals surface area contributed by atoms with Gasteiger partial charge in [0.1, 0.15) is 0 Å². The summed E-state index contributed by atoms with van der Waals surface area (Å²) in [7, 11) is -4.46. The molecule has 0 aromatic heterocycles. The van der Waals surface area contributed by atoms with E-state index in [0.717, 1.165) is 10.8 Å².